The third kappa shape index (κ3) is 12.9. The zero-order valence-corrected chi connectivity index (χ0v) is 22.8. The molecule has 0 aliphatic carbocycles. The molecule has 2 heteroatoms. The molecule has 4 bridgehead atoms. The van der Waals surface area contributed by atoms with E-state index in [-0.39, 0.29) is 0 Å². The van der Waals surface area contributed by atoms with Crippen LogP contribution in [0.5, 0.6) is 0 Å². The first-order valence-corrected chi connectivity index (χ1v) is 15.9. The highest BCUT2D eigenvalue weighted by atomic mass is 15.1. The molecule has 4 atom stereocenters. The molecule has 0 aromatic rings. The van der Waals surface area contributed by atoms with Crippen LogP contribution >= 0.6 is 0 Å². The first-order chi connectivity index (χ1) is 16.9. The molecule has 0 aromatic carbocycles. The Kier molecular flexibility index (Phi) is 15.3. The van der Waals surface area contributed by atoms with Crippen molar-refractivity contribution in [1.29, 1.82) is 0 Å². The fraction of sp³-hybridized carbons (Fsp3) is 0.875. The van der Waals surface area contributed by atoms with E-state index in [1.165, 1.54) is 168 Å². The summed E-state index contributed by atoms with van der Waals surface area (Å²) in [4.78, 5) is 3.82. The van der Waals surface area contributed by atoms with Crippen LogP contribution in [-0.2, 0) is 0 Å². The van der Waals surface area contributed by atoms with Crippen LogP contribution in [0.15, 0.2) is 24.3 Å². The largest absolute Gasteiger partial charge is 0.335 e. The molecular weight excluding hydrogens is 412 g/mol. The van der Waals surface area contributed by atoms with Crippen molar-refractivity contribution in [3.05, 3.63) is 24.3 Å². The van der Waals surface area contributed by atoms with Crippen LogP contribution in [-0.4, -0.2) is 39.3 Å². The Bertz CT molecular complexity index is 491. The Morgan fingerprint density at radius 1 is 0.382 bits per heavy atom. The fourth-order valence-corrected chi connectivity index (χ4v) is 6.86. The predicted molar refractivity (Wildman–Crippen MR) is 149 cm³/mol. The highest BCUT2D eigenvalue weighted by Gasteiger charge is 2.22. The number of hydrogen-bond acceptors (Lipinski definition) is 0. The van der Waals surface area contributed by atoms with E-state index in [1.807, 2.05) is 9.80 Å². The highest BCUT2D eigenvalue weighted by molar-refractivity contribution is 4.85. The van der Waals surface area contributed by atoms with Gasteiger partial charge in [-0.25, -0.2) is 0 Å². The summed E-state index contributed by atoms with van der Waals surface area (Å²) in [6, 6.07) is 0. The molecule has 0 saturated carbocycles. The molecular formula is C32H60N2+2. The van der Waals surface area contributed by atoms with Gasteiger partial charge in [0.05, 0.1) is 39.3 Å². The van der Waals surface area contributed by atoms with Gasteiger partial charge in [-0.1, -0.05) is 62.8 Å². The summed E-state index contributed by atoms with van der Waals surface area (Å²) in [5.74, 6) is 1.91. The van der Waals surface area contributed by atoms with Gasteiger partial charge >= 0.3 is 0 Å². The van der Waals surface area contributed by atoms with Crippen molar-refractivity contribution in [3.8, 4) is 0 Å². The normalized spacial score (nSPS) is 32.9. The molecule has 3 aliphatic rings. The van der Waals surface area contributed by atoms with Crippen molar-refractivity contribution >= 4 is 0 Å². The van der Waals surface area contributed by atoms with Gasteiger partial charge in [0, 0.05) is 11.8 Å². The molecule has 3 heterocycles. The first-order valence-electron chi connectivity index (χ1n) is 15.9. The maximum absolute atomic E-state index is 2.53. The van der Waals surface area contributed by atoms with Crippen molar-refractivity contribution in [3.63, 3.8) is 0 Å². The average molecular weight is 473 g/mol. The maximum atomic E-state index is 2.53. The van der Waals surface area contributed by atoms with E-state index in [1.54, 1.807) is 0 Å². The minimum Gasteiger partial charge on any atom is -0.335 e. The van der Waals surface area contributed by atoms with Gasteiger partial charge < -0.3 is 9.80 Å². The number of piperidine rings is 2. The summed E-state index contributed by atoms with van der Waals surface area (Å²) in [7, 11) is 0. The van der Waals surface area contributed by atoms with E-state index in [4.69, 9.17) is 0 Å². The Labute approximate surface area is 213 Å². The summed E-state index contributed by atoms with van der Waals surface area (Å²) < 4.78 is 0. The lowest BCUT2D eigenvalue weighted by Gasteiger charge is -2.29. The topological polar surface area (TPSA) is 8.88 Å². The summed E-state index contributed by atoms with van der Waals surface area (Å²) in [5.41, 5.74) is 0. The van der Waals surface area contributed by atoms with Crippen LogP contribution in [0.3, 0.4) is 0 Å². The zero-order chi connectivity index (χ0) is 23.5. The highest BCUT2D eigenvalue weighted by Crippen LogP contribution is 2.15. The molecule has 4 unspecified atom stereocenters. The standard InChI is InChI=1S/C32H58N2/c1-3-7-11-15-21-31-23-19-28-34(29-31)26-18-14-10-6-2-4-8-12-16-22-32-24-20-27-33(30-32)25-17-13-9-5-1/h11-12,15-16,31-32H,1-10,13-14,17-30H2/p+2. The third-order valence-corrected chi connectivity index (χ3v) is 9.01. The lowest BCUT2D eigenvalue weighted by molar-refractivity contribution is -0.909. The minimum absolute atomic E-state index is 0.956. The molecule has 0 aromatic heterocycles. The van der Waals surface area contributed by atoms with Crippen LogP contribution in [0, 0.1) is 11.8 Å². The molecule has 3 rings (SSSR count). The van der Waals surface area contributed by atoms with Gasteiger partial charge in [0.15, 0.2) is 0 Å². The monoisotopic (exact) mass is 472 g/mol. The van der Waals surface area contributed by atoms with E-state index in [0.717, 1.165) is 11.8 Å². The second-order valence-corrected chi connectivity index (χ2v) is 12.2. The molecule has 2 nitrogen and oxygen atoms in total. The van der Waals surface area contributed by atoms with Gasteiger partial charge in [-0.2, -0.15) is 0 Å². The molecule has 0 spiro atoms. The summed E-state index contributed by atoms with van der Waals surface area (Å²) in [5, 5.41) is 0. The number of allylic oxidation sites excluding steroid dienone is 4. The van der Waals surface area contributed by atoms with E-state index < -0.39 is 0 Å². The van der Waals surface area contributed by atoms with Crippen molar-refractivity contribution in [1.82, 2.24) is 0 Å². The van der Waals surface area contributed by atoms with Gasteiger partial charge in [0.1, 0.15) is 0 Å². The summed E-state index contributed by atoms with van der Waals surface area (Å²) in [6.45, 7) is 8.62. The van der Waals surface area contributed by atoms with Gasteiger partial charge in [-0.05, 0) is 89.9 Å². The lowest BCUT2D eigenvalue weighted by Crippen LogP contribution is -3.13. The molecule has 2 N–H and O–H groups in total. The van der Waals surface area contributed by atoms with Crippen LogP contribution in [0.25, 0.3) is 0 Å². The molecule has 3 aliphatic heterocycles. The van der Waals surface area contributed by atoms with Crippen molar-refractivity contribution in [2.45, 2.75) is 128 Å². The molecule has 34 heavy (non-hydrogen) atoms. The molecule has 2 fully saturated rings. The number of hydrogen-bond donors (Lipinski definition) is 2. The predicted octanol–water partition coefficient (Wildman–Crippen LogP) is 5.94. The van der Waals surface area contributed by atoms with Crippen LogP contribution in [0.2, 0.25) is 0 Å². The van der Waals surface area contributed by atoms with Gasteiger partial charge in [-0.15, -0.1) is 0 Å². The SMILES string of the molecule is C1=CCC2CCC[NH+](CCCCCCCCC=CCC3CCC[NH+](CCCCCCCC1)C3)C2. The molecule has 0 amide bonds. The van der Waals surface area contributed by atoms with E-state index in [2.05, 4.69) is 24.3 Å². The number of nitrogens with one attached hydrogen (secondary N) is 2. The first kappa shape index (κ1) is 28.0. The fourth-order valence-electron chi connectivity index (χ4n) is 6.86. The van der Waals surface area contributed by atoms with Crippen molar-refractivity contribution < 1.29 is 9.80 Å². The zero-order valence-electron chi connectivity index (χ0n) is 22.8. The van der Waals surface area contributed by atoms with Gasteiger partial charge in [0.25, 0.3) is 0 Å². The van der Waals surface area contributed by atoms with Gasteiger partial charge in [-0.3, -0.25) is 0 Å². The second-order valence-electron chi connectivity index (χ2n) is 12.2. The smallest absolute Gasteiger partial charge is 0.0802 e. The van der Waals surface area contributed by atoms with E-state index >= 15 is 0 Å². The quantitative estimate of drug-likeness (QED) is 0.404. The van der Waals surface area contributed by atoms with Gasteiger partial charge in [0.2, 0.25) is 0 Å². The number of rotatable bonds is 0. The molecule has 2 saturated heterocycles. The Morgan fingerprint density at radius 3 is 1.24 bits per heavy atom. The van der Waals surface area contributed by atoms with E-state index in [9.17, 15) is 0 Å². The third-order valence-electron chi connectivity index (χ3n) is 9.01. The minimum atomic E-state index is 0.956. The maximum Gasteiger partial charge on any atom is 0.0802 e. The number of fused-ring (bicyclic) bond motifs is 4. The van der Waals surface area contributed by atoms with Crippen molar-refractivity contribution in [2.24, 2.45) is 11.8 Å². The second kappa shape index (κ2) is 18.6. The Morgan fingerprint density at radius 2 is 0.765 bits per heavy atom. The summed E-state index contributed by atoms with van der Waals surface area (Å²) >= 11 is 0. The average Bonchev–Trinajstić information content (AvgIpc) is 2.86. The van der Waals surface area contributed by atoms with Crippen LogP contribution in [0.1, 0.15) is 128 Å². The Balaban J connectivity index is 1.35. The molecule has 0 radical (unpaired) electrons. The van der Waals surface area contributed by atoms with Crippen molar-refractivity contribution in [2.75, 3.05) is 39.3 Å². The Hall–Kier alpha value is -0.600. The summed E-state index contributed by atoms with van der Waals surface area (Å²) in [6.07, 6.45) is 38.6. The van der Waals surface area contributed by atoms with Crippen LogP contribution < -0.4 is 9.80 Å². The number of quaternary nitrogens is 2. The van der Waals surface area contributed by atoms with E-state index in [0.29, 0.717) is 0 Å². The molecule has 196 valence electrons. The lowest BCUT2D eigenvalue weighted by atomic mass is 9.94. The van der Waals surface area contributed by atoms with Crippen LogP contribution in [0.4, 0.5) is 0 Å².